The Hall–Kier alpha value is -3.16. The summed E-state index contributed by atoms with van der Waals surface area (Å²) in [6.45, 7) is 5.89. The van der Waals surface area contributed by atoms with Crippen LogP contribution < -0.4 is 10.6 Å². The number of hydrogen-bond acceptors (Lipinski definition) is 5. The van der Waals surface area contributed by atoms with Gasteiger partial charge >= 0.3 is 6.18 Å². The number of anilines is 3. The normalized spacial score (nSPS) is 11.9. The second-order valence-corrected chi connectivity index (χ2v) is 7.26. The molecule has 2 heterocycles. The summed E-state index contributed by atoms with van der Waals surface area (Å²) < 4.78 is 38.9. The van der Waals surface area contributed by atoms with Crippen molar-refractivity contribution in [2.24, 2.45) is 0 Å². The van der Waals surface area contributed by atoms with Crippen LogP contribution in [0.1, 0.15) is 26.3 Å². The molecule has 0 bridgehead atoms. The second kappa shape index (κ2) is 7.46. The highest BCUT2D eigenvalue weighted by Crippen LogP contribution is 2.31. The first-order chi connectivity index (χ1) is 13.1. The summed E-state index contributed by atoms with van der Waals surface area (Å²) in [7, 11) is 0. The minimum atomic E-state index is -4.42. The van der Waals surface area contributed by atoms with Gasteiger partial charge in [0.2, 0.25) is 5.95 Å². The van der Waals surface area contributed by atoms with Crippen molar-refractivity contribution in [2.75, 3.05) is 10.6 Å². The Labute approximate surface area is 161 Å². The van der Waals surface area contributed by atoms with Crippen molar-refractivity contribution in [3.8, 4) is 11.4 Å². The smallest absolute Gasteiger partial charge is 0.350 e. The SMILES string of the molecule is CC(C)(C)Nc1nc(Nc2cccc(C(F)(F)F)c2)cc(-c2ccccn2)n1. The average Bonchev–Trinajstić information content (AvgIpc) is 2.60. The Morgan fingerprint density at radius 3 is 2.29 bits per heavy atom. The van der Waals surface area contributed by atoms with Crippen molar-refractivity contribution < 1.29 is 13.2 Å². The molecule has 0 aliphatic carbocycles. The van der Waals surface area contributed by atoms with E-state index >= 15 is 0 Å². The van der Waals surface area contributed by atoms with Crippen LogP contribution in [-0.2, 0) is 6.18 Å². The maximum Gasteiger partial charge on any atom is 0.416 e. The van der Waals surface area contributed by atoms with Crippen LogP contribution in [0.2, 0.25) is 0 Å². The van der Waals surface area contributed by atoms with E-state index in [1.54, 1.807) is 30.5 Å². The molecular weight excluding hydrogens is 367 g/mol. The predicted octanol–water partition coefficient (Wildman–Crippen LogP) is 5.51. The van der Waals surface area contributed by atoms with Crippen molar-refractivity contribution >= 4 is 17.5 Å². The third-order valence-electron chi connectivity index (χ3n) is 3.60. The zero-order valence-electron chi connectivity index (χ0n) is 15.7. The van der Waals surface area contributed by atoms with E-state index in [2.05, 4.69) is 25.6 Å². The molecule has 0 amide bonds. The van der Waals surface area contributed by atoms with Crippen LogP contribution in [0.25, 0.3) is 11.4 Å². The molecule has 28 heavy (non-hydrogen) atoms. The lowest BCUT2D eigenvalue weighted by atomic mass is 10.1. The van der Waals surface area contributed by atoms with E-state index in [0.717, 1.165) is 12.1 Å². The fraction of sp³-hybridized carbons (Fsp3) is 0.250. The number of benzene rings is 1. The van der Waals surface area contributed by atoms with Crippen molar-refractivity contribution in [2.45, 2.75) is 32.5 Å². The number of rotatable bonds is 4. The van der Waals surface area contributed by atoms with Gasteiger partial charge in [-0.15, -0.1) is 0 Å². The summed E-state index contributed by atoms with van der Waals surface area (Å²) in [6.07, 6.45) is -2.77. The van der Waals surface area contributed by atoms with Gasteiger partial charge in [-0.2, -0.15) is 18.2 Å². The lowest BCUT2D eigenvalue weighted by Gasteiger charge is -2.21. The molecule has 0 saturated carbocycles. The van der Waals surface area contributed by atoms with Crippen LogP contribution in [0.4, 0.5) is 30.6 Å². The molecule has 5 nitrogen and oxygen atoms in total. The van der Waals surface area contributed by atoms with Crippen LogP contribution in [0.3, 0.4) is 0 Å². The number of nitrogens with one attached hydrogen (secondary N) is 2. The summed E-state index contributed by atoms with van der Waals surface area (Å²) >= 11 is 0. The van der Waals surface area contributed by atoms with Crippen LogP contribution in [0, 0.1) is 0 Å². The molecule has 0 radical (unpaired) electrons. The molecule has 0 unspecified atom stereocenters. The highest BCUT2D eigenvalue weighted by molar-refractivity contribution is 5.65. The summed E-state index contributed by atoms with van der Waals surface area (Å²) in [5.41, 5.74) is 0.438. The number of hydrogen-bond donors (Lipinski definition) is 2. The Kier molecular flexibility index (Phi) is 5.22. The van der Waals surface area contributed by atoms with Gasteiger partial charge in [-0.3, -0.25) is 4.98 Å². The first-order valence-corrected chi connectivity index (χ1v) is 8.63. The average molecular weight is 387 g/mol. The standard InChI is InChI=1S/C20H20F3N5/c1-19(2,3)28-18-26-16(15-9-4-5-10-24-15)12-17(27-18)25-14-8-6-7-13(11-14)20(21,22)23/h4-12H,1-3H3,(H2,25,26,27,28). The van der Waals surface area contributed by atoms with Crippen molar-refractivity contribution in [1.29, 1.82) is 0 Å². The van der Waals surface area contributed by atoms with Crippen LogP contribution in [0.15, 0.2) is 54.7 Å². The van der Waals surface area contributed by atoms with Gasteiger partial charge in [0.05, 0.1) is 17.0 Å². The minimum absolute atomic E-state index is 0.280. The molecule has 0 aliphatic heterocycles. The fourth-order valence-corrected chi connectivity index (χ4v) is 2.47. The Bertz CT molecular complexity index is 950. The van der Waals surface area contributed by atoms with Crippen LogP contribution in [0.5, 0.6) is 0 Å². The minimum Gasteiger partial charge on any atom is -0.350 e. The van der Waals surface area contributed by atoms with Gasteiger partial charge in [0.15, 0.2) is 0 Å². The van der Waals surface area contributed by atoms with Gasteiger partial charge < -0.3 is 10.6 Å². The highest BCUT2D eigenvalue weighted by Gasteiger charge is 2.30. The quantitative estimate of drug-likeness (QED) is 0.618. The molecule has 8 heteroatoms. The van der Waals surface area contributed by atoms with E-state index in [1.165, 1.54) is 6.07 Å². The van der Waals surface area contributed by atoms with Gasteiger partial charge in [0.1, 0.15) is 5.82 Å². The maximum atomic E-state index is 13.0. The van der Waals surface area contributed by atoms with E-state index in [4.69, 9.17) is 0 Å². The predicted molar refractivity (Wildman–Crippen MR) is 103 cm³/mol. The van der Waals surface area contributed by atoms with E-state index in [-0.39, 0.29) is 11.2 Å². The number of nitrogens with zero attached hydrogens (tertiary/aromatic N) is 3. The van der Waals surface area contributed by atoms with Gasteiger partial charge in [-0.25, -0.2) is 4.98 Å². The lowest BCUT2D eigenvalue weighted by molar-refractivity contribution is -0.137. The van der Waals surface area contributed by atoms with Gasteiger partial charge in [-0.05, 0) is 51.1 Å². The zero-order chi connectivity index (χ0) is 20.4. The largest absolute Gasteiger partial charge is 0.416 e. The van der Waals surface area contributed by atoms with Crippen molar-refractivity contribution in [3.63, 3.8) is 0 Å². The van der Waals surface area contributed by atoms with Crippen molar-refractivity contribution in [1.82, 2.24) is 15.0 Å². The fourth-order valence-electron chi connectivity index (χ4n) is 2.47. The molecular formula is C20H20F3N5. The highest BCUT2D eigenvalue weighted by atomic mass is 19.4. The Morgan fingerprint density at radius 1 is 0.857 bits per heavy atom. The number of aromatic nitrogens is 3. The number of halogens is 3. The topological polar surface area (TPSA) is 62.7 Å². The molecule has 3 aromatic rings. The van der Waals surface area contributed by atoms with E-state index in [0.29, 0.717) is 23.2 Å². The second-order valence-electron chi connectivity index (χ2n) is 7.26. The summed E-state index contributed by atoms with van der Waals surface area (Å²) in [5, 5.41) is 6.12. The molecule has 3 rings (SSSR count). The Balaban J connectivity index is 1.99. The van der Waals surface area contributed by atoms with Gasteiger partial charge in [-0.1, -0.05) is 12.1 Å². The summed E-state index contributed by atoms with van der Waals surface area (Å²) in [4.78, 5) is 13.2. The molecule has 0 saturated heterocycles. The molecule has 0 aliphatic rings. The first-order valence-electron chi connectivity index (χ1n) is 8.63. The zero-order valence-corrected chi connectivity index (χ0v) is 15.7. The maximum absolute atomic E-state index is 13.0. The molecule has 2 aromatic heterocycles. The number of pyridine rings is 1. The van der Waals surface area contributed by atoms with E-state index in [9.17, 15) is 13.2 Å². The van der Waals surface area contributed by atoms with Gasteiger partial charge in [0, 0.05) is 23.5 Å². The van der Waals surface area contributed by atoms with E-state index in [1.807, 2.05) is 26.8 Å². The summed E-state index contributed by atoms with van der Waals surface area (Å²) in [5.74, 6) is 0.715. The third-order valence-corrected chi connectivity index (χ3v) is 3.60. The molecule has 146 valence electrons. The monoisotopic (exact) mass is 387 g/mol. The Morgan fingerprint density at radius 2 is 1.64 bits per heavy atom. The van der Waals surface area contributed by atoms with Crippen molar-refractivity contribution in [3.05, 3.63) is 60.3 Å². The van der Waals surface area contributed by atoms with E-state index < -0.39 is 11.7 Å². The summed E-state index contributed by atoms with van der Waals surface area (Å²) in [6, 6.07) is 12.0. The molecule has 1 aromatic carbocycles. The van der Waals surface area contributed by atoms with Gasteiger partial charge in [0.25, 0.3) is 0 Å². The number of alkyl halides is 3. The first kappa shape index (κ1) is 19.6. The van der Waals surface area contributed by atoms with Crippen LogP contribution >= 0.6 is 0 Å². The van der Waals surface area contributed by atoms with Crippen LogP contribution in [-0.4, -0.2) is 20.5 Å². The molecule has 0 atom stereocenters. The lowest BCUT2D eigenvalue weighted by Crippen LogP contribution is -2.27. The third kappa shape index (κ3) is 5.18. The molecule has 2 N–H and O–H groups in total. The molecule has 0 fully saturated rings. The molecule has 0 spiro atoms.